The number of benzene rings is 1. The Labute approximate surface area is 105 Å². The van der Waals surface area contributed by atoms with Gasteiger partial charge in [-0.3, -0.25) is 0 Å². The molecule has 1 N–H and O–H groups in total. The van der Waals surface area contributed by atoms with Gasteiger partial charge in [-0.25, -0.2) is 0 Å². The summed E-state index contributed by atoms with van der Waals surface area (Å²) in [5.41, 5.74) is 0.812. The third-order valence-electron chi connectivity index (χ3n) is 2.51. The van der Waals surface area contributed by atoms with Gasteiger partial charge in [-0.15, -0.1) is 10.2 Å². The van der Waals surface area contributed by atoms with Crippen molar-refractivity contribution >= 4 is 0 Å². The summed E-state index contributed by atoms with van der Waals surface area (Å²) in [7, 11) is 0. The van der Waals surface area contributed by atoms with Gasteiger partial charge in [-0.1, -0.05) is 19.1 Å². The molecular formula is C13H16N2O3. The van der Waals surface area contributed by atoms with E-state index < -0.39 is 6.10 Å². The van der Waals surface area contributed by atoms with Gasteiger partial charge in [-0.05, 0) is 24.6 Å². The fraction of sp³-hybridized carbons (Fsp3) is 0.385. The molecule has 2 rings (SSSR count). The Kier molecular flexibility index (Phi) is 3.94. The quantitative estimate of drug-likeness (QED) is 0.879. The second-order valence-electron chi connectivity index (χ2n) is 3.98. The number of aromatic nitrogens is 2. The molecule has 1 heterocycles. The van der Waals surface area contributed by atoms with Crippen molar-refractivity contribution in [3.8, 4) is 5.75 Å². The van der Waals surface area contributed by atoms with Gasteiger partial charge < -0.3 is 14.3 Å². The SMILES string of the molecule is CCc1nnc(COc2cccc([C@@H](C)O)c2)o1. The standard InChI is InChI=1S/C13H16N2O3/c1-3-12-14-15-13(18-12)8-17-11-6-4-5-10(7-11)9(2)16/h4-7,9,16H,3,8H2,1-2H3/t9-/m1/s1. The third kappa shape index (κ3) is 3.07. The van der Waals surface area contributed by atoms with Crippen LogP contribution in [0.5, 0.6) is 5.75 Å². The fourth-order valence-electron chi connectivity index (χ4n) is 1.50. The second-order valence-corrected chi connectivity index (χ2v) is 3.98. The monoisotopic (exact) mass is 248 g/mol. The van der Waals surface area contributed by atoms with Crippen molar-refractivity contribution in [3.05, 3.63) is 41.6 Å². The van der Waals surface area contributed by atoms with Gasteiger partial charge in [0.2, 0.25) is 5.89 Å². The molecule has 0 aliphatic heterocycles. The first kappa shape index (κ1) is 12.6. The van der Waals surface area contributed by atoms with Crippen molar-refractivity contribution in [1.29, 1.82) is 0 Å². The number of hydrogen-bond acceptors (Lipinski definition) is 5. The number of nitrogens with zero attached hydrogens (tertiary/aromatic N) is 2. The molecule has 0 aliphatic rings. The normalized spacial score (nSPS) is 12.4. The zero-order valence-electron chi connectivity index (χ0n) is 10.5. The van der Waals surface area contributed by atoms with Crippen molar-refractivity contribution in [1.82, 2.24) is 10.2 Å². The molecule has 0 radical (unpaired) electrons. The Morgan fingerprint density at radius 2 is 2.11 bits per heavy atom. The minimum absolute atomic E-state index is 0.232. The molecule has 0 saturated carbocycles. The zero-order chi connectivity index (χ0) is 13.0. The predicted molar refractivity (Wildman–Crippen MR) is 65.1 cm³/mol. The molecule has 5 heteroatoms. The Balaban J connectivity index is 1.99. The van der Waals surface area contributed by atoms with Crippen LogP contribution in [-0.2, 0) is 13.0 Å². The van der Waals surface area contributed by atoms with Crippen LogP contribution in [0.2, 0.25) is 0 Å². The molecular weight excluding hydrogens is 232 g/mol. The first-order valence-electron chi connectivity index (χ1n) is 5.91. The Bertz CT molecular complexity index is 508. The molecule has 0 amide bonds. The highest BCUT2D eigenvalue weighted by atomic mass is 16.5. The summed E-state index contributed by atoms with van der Waals surface area (Å²) >= 11 is 0. The van der Waals surface area contributed by atoms with Crippen LogP contribution in [0.25, 0.3) is 0 Å². The highest BCUT2D eigenvalue weighted by Crippen LogP contribution is 2.19. The molecule has 18 heavy (non-hydrogen) atoms. The molecule has 0 bridgehead atoms. The van der Waals surface area contributed by atoms with Crippen LogP contribution in [0.4, 0.5) is 0 Å². The Morgan fingerprint density at radius 1 is 1.33 bits per heavy atom. The summed E-state index contributed by atoms with van der Waals surface area (Å²) < 4.78 is 10.9. The number of aliphatic hydroxyl groups excluding tert-OH is 1. The van der Waals surface area contributed by atoms with Crippen LogP contribution in [0.15, 0.2) is 28.7 Å². The topological polar surface area (TPSA) is 68.4 Å². The number of aliphatic hydroxyl groups is 1. The van der Waals surface area contributed by atoms with Gasteiger partial charge in [0.15, 0.2) is 6.61 Å². The van der Waals surface area contributed by atoms with Gasteiger partial charge in [0, 0.05) is 6.42 Å². The Hall–Kier alpha value is -1.88. The zero-order valence-corrected chi connectivity index (χ0v) is 10.5. The van der Waals surface area contributed by atoms with E-state index in [1.165, 1.54) is 0 Å². The van der Waals surface area contributed by atoms with Gasteiger partial charge in [0.05, 0.1) is 6.10 Å². The summed E-state index contributed by atoms with van der Waals surface area (Å²) in [5, 5.41) is 17.2. The van der Waals surface area contributed by atoms with Gasteiger partial charge in [0.1, 0.15) is 5.75 Å². The fourth-order valence-corrected chi connectivity index (χ4v) is 1.50. The highest BCUT2D eigenvalue weighted by Gasteiger charge is 2.06. The minimum atomic E-state index is -0.511. The van der Waals surface area contributed by atoms with Crippen molar-refractivity contribution in [2.24, 2.45) is 0 Å². The maximum Gasteiger partial charge on any atom is 0.253 e. The maximum absolute atomic E-state index is 9.47. The molecule has 0 spiro atoms. The molecule has 1 atom stereocenters. The van der Waals surface area contributed by atoms with Gasteiger partial charge >= 0.3 is 0 Å². The second kappa shape index (κ2) is 5.64. The first-order chi connectivity index (χ1) is 8.69. The van der Waals surface area contributed by atoms with Crippen molar-refractivity contribution < 1.29 is 14.3 Å². The largest absolute Gasteiger partial charge is 0.484 e. The number of ether oxygens (including phenoxy) is 1. The van der Waals surface area contributed by atoms with Gasteiger partial charge in [0.25, 0.3) is 5.89 Å². The van der Waals surface area contributed by atoms with E-state index in [9.17, 15) is 5.11 Å². The first-order valence-corrected chi connectivity index (χ1v) is 5.91. The molecule has 0 aliphatic carbocycles. The van der Waals surface area contributed by atoms with E-state index >= 15 is 0 Å². The van der Waals surface area contributed by atoms with Crippen LogP contribution >= 0.6 is 0 Å². The average molecular weight is 248 g/mol. The molecule has 96 valence electrons. The predicted octanol–water partition coefficient (Wildman–Crippen LogP) is 2.26. The number of hydrogen-bond donors (Lipinski definition) is 1. The van der Waals surface area contributed by atoms with Crippen LogP contribution in [0.3, 0.4) is 0 Å². The lowest BCUT2D eigenvalue weighted by atomic mass is 10.1. The summed E-state index contributed by atoms with van der Waals surface area (Å²) in [6.07, 6.45) is 0.202. The molecule has 0 unspecified atom stereocenters. The van der Waals surface area contributed by atoms with Crippen LogP contribution in [-0.4, -0.2) is 15.3 Å². The van der Waals surface area contributed by atoms with E-state index in [1.54, 1.807) is 13.0 Å². The highest BCUT2D eigenvalue weighted by molar-refractivity contribution is 5.29. The van der Waals surface area contributed by atoms with Crippen LogP contribution in [0.1, 0.15) is 37.3 Å². The van der Waals surface area contributed by atoms with E-state index in [-0.39, 0.29) is 6.61 Å². The lowest BCUT2D eigenvalue weighted by molar-refractivity contribution is 0.198. The summed E-state index contributed by atoms with van der Waals surface area (Å²) in [6, 6.07) is 7.30. The van der Waals surface area contributed by atoms with Crippen LogP contribution in [0, 0.1) is 0 Å². The van der Waals surface area contributed by atoms with E-state index in [0.717, 1.165) is 5.56 Å². The van der Waals surface area contributed by atoms with E-state index in [4.69, 9.17) is 9.15 Å². The smallest absolute Gasteiger partial charge is 0.253 e. The summed E-state index contributed by atoms with van der Waals surface area (Å²) in [6.45, 7) is 3.89. The lowest BCUT2D eigenvalue weighted by Gasteiger charge is -2.07. The minimum Gasteiger partial charge on any atom is -0.484 e. The van der Waals surface area contributed by atoms with Gasteiger partial charge in [-0.2, -0.15) is 0 Å². The van der Waals surface area contributed by atoms with E-state index in [1.807, 2.05) is 25.1 Å². The van der Waals surface area contributed by atoms with Crippen LogP contribution < -0.4 is 4.74 Å². The number of aryl methyl sites for hydroxylation is 1. The molecule has 1 aromatic heterocycles. The summed E-state index contributed by atoms with van der Waals surface area (Å²) in [4.78, 5) is 0. The maximum atomic E-state index is 9.47. The van der Waals surface area contributed by atoms with Crippen molar-refractivity contribution in [3.63, 3.8) is 0 Å². The Morgan fingerprint density at radius 3 is 2.78 bits per heavy atom. The molecule has 2 aromatic rings. The molecule has 0 fully saturated rings. The molecule has 5 nitrogen and oxygen atoms in total. The molecule has 0 saturated heterocycles. The van der Waals surface area contributed by atoms with E-state index in [2.05, 4.69) is 10.2 Å². The van der Waals surface area contributed by atoms with Crippen molar-refractivity contribution in [2.45, 2.75) is 33.0 Å². The summed E-state index contributed by atoms with van der Waals surface area (Å²) in [5.74, 6) is 1.73. The average Bonchev–Trinajstić information content (AvgIpc) is 2.84. The van der Waals surface area contributed by atoms with Crippen molar-refractivity contribution in [2.75, 3.05) is 0 Å². The number of rotatable bonds is 5. The lowest BCUT2D eigenvalue weighted by Crippen LogP contribution is -1.97. The third-order valence-corrected chi connectivity index (χ3v) is 2.51. The molecule has 1 aromatic carbocycles. The van der Waals surface area contributed by atoms with E-state index in [0.29, 0.717) is 24.0 Å².